The zero-order valence-corrected chi connectivity index (χ0v) is 8.88. The van der Waals surface area contributed by atoms with E-state index in [1.807, 2.05) is 0 Å². The van der Waals surface area contributed by atoms with Crippen molar-refractivity contribution in [2.45, 2.75) is 0 Å². The first-order valence-electron chi connectivity index (χ1n) is 5.01. The Labute approximate surface area is 97.7 Å². The second-order valence-electron chi connectivity index (χ2n) is 3.52. The first-order chi connectivity index (χ1) is 8.15. The molecule has 0 bridgehead atoms. The van der Waals surface area contributed by atoms with Crippen LogP contribution < -0.4 is 0 Å². The van der Waals surface area contributed by atoms with Crippen molar-refractivity contribution in [1.29, 1.82) is 0 Å². The number of nitrogens with zero attached hydrogens (tertiary/aromatic N) is 1. The van der Waals surface area contributed by atoms with Gasteiger partial charge in [0.15, 0.2) is 6.21 Å². The Kier molecular flexibility index (Phi) is 3.05. The second-order valence-corrected chi connectivity index (χ2v) is 3.52. The highest BCUT2D eigenvalue weighted by atomic mass is 19.1. The van der Waals surface area contributed by atoms with Crippen LogP contribution in [-0.2, 0) is 0 Å². The summed E-state index contributed by atoms with van der Waals surface area (Å²) in [6.07, 6.45) is 1.34. The molecule has 0 aromatic heterocycles. The molecular weight excluding hydrogens is 221 g/mol. The Morgan fingerprint density at radius 1 is 1.00 bits per heavy atom. The van der Waals surface area contributed by atoms with Gasteiger partial charge in [0, 0.05) is 17.7 Å². The molecule has 4 heteroatoms. The predicted molar refractivity (Wildman–Crippen MR) is 63.0 cm³/mol. The highest BCUT2D eigenvalue weighted by molar-refractivity contribution is 5.76. The van der Waals surface area contributed by atoms with Crippen molar-refractivity contribution in [3.8, 4) is 5.75 Å². The number of phenolic OH excluding ortho intramolecular Hbond substituents is 1. The molecule has 0 amide bonds. The lowest BCUT2D eigenvalue weighted by molar-refractivity contribution is -0.354. The summed E-state index contributed by atoms with van der Waals surface area (Å²) in [4.78, 5) is 0. The highest BCUT2D eigenvalue weighted by Gasteiger charge is 2.01. The van der Waals surface area contributed by atoms with Gasteiger partial charge in [-0.2, -0.15) is 4.74 Å². The third-order valence-electron chi connectivity index (χ3n) is 2.24. The van der Waals surface area contributed by atoms with Crippen molar-refractivity contribution < 1.29 is 14.2 Å². The first-order valence-corrected chi connectivity index (χ1v) is 5.01. The Morgan fingerprint density at radius 3 is 2.18 bits per heavy atom. The van der Waals surface area contributed by atoms with E-state index in [0.717, 1.165) is 0 Å². The van der Waals surface area contributed by atoms with Crippen molar-refractivity contribution in [3.05, 3.63) is 65.1 Å². The minimum Gasteiger partial charge on any atom is -0.618 e. The number of hydrogen-bond acceptors (Lipinski definition) is 2. The van der Waals surface area contributed by atoms with Crippen LogP contribution in [0.4, 0.5) is 10.1 Å². The average molecular weight is 231 g/mol. The minimum atomic E-state index is -0.343. The number of rotatable bonds is 2. The van der Waals surface area contributed by atoms with Crippen LogP contribution in [0, 0.1) is 11.0 Å². The maximum absolute atomic E-state index is 12.7. The molecular formula is C13H10FNO2. The standard InChI is InChI=1S/C13H10FNO2/c14-11-3-1-10(2-4-11)9-15(17)12-5-7-13(16)8-6-12/h1-9,16H. The van der Waals surface area contributed by atoms with E-state index in [4.69, 9.17) is 5.11 Å². The summed E-state index contributed by atoms with van der Waals surface area (Å²) in [6.45, 7) is 0. The Bertz CT molecular complexity index is 532. The summed E-state index contributed by atoms with van der Waals surface area (Å²) < 4.78 is 13.3. The van der Waals surface area contributed by atoms with E-state index < -0.39 is 0 Å². The van der Waals surface area contributed by atoms with Crippen LogP contribution in [0.3, 0.4) is 0 Å². The monoisotopic (exact) mass is 231 g/mol. The molecule has 17 heavy (non-hydrogen) atoms. The molecule has 3 nitrogen and oxygen atoms in total. The molecule has 86 valence electrons. The van der Waals surface area contributed by atoms with Gasteiger partial charge < -0.3 is 10.3 Å². The molecule has 1 N–H and O–H groups in total. The summed E-state index contributed by atoms with van der Waals surface area (Å²) in [6, 6.07) is 11.5. The normalized spacial score (nSPS) is 11.5. The van der Waals surface area contributed by atoms with Crippen molar-refractivity contribution in [2.24, 2.45) is 0 Å². The topological polar surface area (TPSA) is 46.3 Å². The summed E-state index contributed by atoms with van der Waals surface area (Å²) in [7, 11) is 0. The molecule has 0 fully saturated rings. The minimum absolute atomic E-state index is 0.101. The van der Waals surface area contributed by atoms with Crippen LogP contribution in [0.5, 0.6) is 5.75 Å². The molecule has 2 aromatic carbocycles. The van der Waals surface area contributed by atoms with Gasteiger partial charge in [-0.3, -0.25) is 0 Å². The Balaban J connectivity index is 2.27. The van der Waals surface area contributed by atoms with Crippen molar-refractivity contribution >= 4 is 11.9 Å². The van der Waals surface area contributed by atoms with Gasteiger partial charge in [-0.05, 0) is 36.4 Å². The quantitative estimate of drug-likeness (QED) is 0.374. The van der Waals surface area contributed by atoms with E-state index in [0.29, 0.717) is 16.0 Å². The first kappa shape index (κ1) is 11.1. The zero-order valence-electron chi connectivity index (χ0n) is 8.88. The van der Waals surface area contributed by atoms with E-state index >= 15 is 0 Å². The van der Waals surface area contributed by atoms with Crippen molar-refractivity contribution in [2.75, 3.05) is 0 Å². The lowest BCUT2D eigenvalue weighted by atomic mass is 10.2. The molecule has 0 saturated heterocycles. The van der Waals surface area contributed by atoms with Crippen molar-refractivity contribution in [1.82, 2.24) is 0 Å². The van der Waals surface area contributed by atoms with Gasteiger partial charge in [-0.15, -0.1) is 0 Å². The highest BCUT2D eigenvalue weighted by Crippen LogP contribution is 2.16. The molecule has 0 heterocycles. The summed E-state index contributed by atoms with van der Waals surface area (Å²) in [5.41, 5.74) is 1.00. The van der Waals surface area contributed by atoms with Crippen LogP contribution in [0.25, 0.3) is 0 Å². The van der Waals surface area contributed by atoms with Gasteiger partial charge in [0.1, 0.15) is 11.6 Å². The number of benzene rings is 2. The van der Waals surface area contributed by atoms with E-state index in [1.165, 1.54) is 54.7 Å². The Morgan fingerprint density at radius 2 is 1.59 bits per heavy atom. The fourth-order valence-electron chi connectivity index (χ4n) is 1.36. The maximum atomic E-state index is 12.7. The van der Waals surface area contributed by atoms with Gasteiger partial charge in [0.2, 0.25) is 5.69 Å². The molecule has 2 aromatic rings. The maximum Gasteiger partial charge on any atom is 0.216 e. The van der Waals surface area contributed by atoms with Gasteiger partial charge in [0.05, 0.1) is 0 Å². The van der Waals surface area contributed by atoms with Gasteiger partial charge in [0.25, 0.3) is 0 Å². The van der Waals surface area contributed by atoms with E-state index in [2.05, 4.69) is 0 Å². The SMILES string of the molecule is [O-][N+](=Cc1ccc(F)cc1)c1ccc(O)cc1. The smallest absolute Gasteiger partial charge is 0.216 e. The third kappa shape index (κ3) is 2.81. The van der Waals surface area contributed by atoms with Gasteiger partial charge in [-0.25, -0.2) is 4.39 Å². The molecule has 0 aliphatic carbocycles. The zero-order chi connectivity index (χ0) is 12.3. The van der Waals surface area contributed by atoms with E-state index in [1.54, 1.807) is 0 Å². The summed E-state index contributed by atoms with van der Waals surface area (Å²) in [5.74, 6) is -0.242. The van der Waals surface area contributed by atoms with E-state index in [-0.39, 0.29) is 11.6 Å². The molecule has 0 saturated carbocycles. The fraction of sp³-hybridized carbons (Fsp3) is 0. The second kappa shape index (κ2) is 4.65. The van der Waals surface area contributed by atoms with Crippen LogP contribution in [0.1, 0.15) is 5.56 Å². The van der Waals surface area contributed by atoms with Crippen molar-refractivity contribution in [3.63, 3.8) is 0 Å². The fourth-order valence-corrected chi connectivity index (χ4v) is 1.36. The van der Waals surface area contributed by atoms with Crippen LogP contribution in [0.2, 0.25) is 0 Å². The lowest BCUT2D eigenvalue weighted by Gasteiger charge is -2.02. The molecule has 0 spiro atoms. The largest absolute Gasteiger partial charge is 0.618 e. The molecule has 0 aliphatic heterocycles. The van der Waals surface area contributed by atoms with Gasteiger partial charge in [-0.1, -0.05) is 0 Å². The van der Waals surface area contributed by atoms with Crippen LogP contribution >= 0.6 is 0 Å². The molecule has 2 rings (SSSR count). The molecule has 0 atom stereocenters. The third-order valence-corrected chi connectivity index (χ3v) is 2.24. The van der Waals surface area contributed by atoms with E-state index in [9.17, 15) is 9.60 Å². The molecule has 0 aliphatic rings. The van der Waals surface area contributed by atoms with Gasteiger partial charge >= 0.3 is 0 Å². The van der Waals surface area contributed by atoms with Crippen LogP contribution in [-0.4, -0.2) is 16.1 Å². The number of halogens is 1. The Hall–Kier alpha value is -2.36. The average Bonchev–Trinajstić information content (AvgIpc) is 2.33. The molecule has 0 radical (unpaired) electrons. The molecule has 0 unspecified atom stereocenters. The van der Waals surface area contributed by atoms with Crippen LogP contribution in [0.15, 0.2) is 48.5 Å². The number of hydrogen-bond donors (Lipinski definition) is 1. The lowest BCUT2D eigenvalue weighted by Crippen LogP contribution is -1.98. The summed E-state index contributed by atoms with van der Waals surface area (Å²) in [5, 5.41) is 20.8. The predicted octanol–water partition coefficient (Wildman–Crippen LogP) is 2.79. The number of phenols is 1. The summed E-state index contributed by atoms with van der Waals surface area (Å²) >= 11 is 0. The number of aromatic hydroxyl groups is 1.